The van der Waals surface area contributed by atoms with Gasteiger partial charge in [-0.1, -0.05) is 6.42 Å². The van der Waals surface area contributed by atoms with Crippen LogP contribution < -0.4 is 20.7 Å². The van der Waals surface area contributed by atoms with Crippen molar-refractivity contribution in [2.45, 2.75) is 64.1 Å². The van der Waals surface area contributed by atoms with Crippen molar-refractivity contribution in [2.24, 2.45) is 7.05 Å². The van der Waals surface area contributed by atoms with Crippen LogP contribution in [0, 0.1) is 5.82 Å². The van der Waals surface area contributed by atoms with Crippen LogP contribution >= 0.6 is 0 Å². The molecule has 1 saturated heterocycles. The van der Waals surface area contributed by atoms with Gasteiger partial charge in [0, 0.05) is 75.4 Å². The summed E-state index contributed by atoms with van der Waals surface area (Å²) in [6.07, 6.45) is 11.6. The Labute approximate surface area is 279 Å². The molecule has 1 aromatic carbocycles. The SMILES string of the molecule is Cn1cc(-c2cc(F)cc(N3CCn4c(cc5c4CCCC5)C3=O)c2CO)cc(Nc2ccc(N3CCN(C4CCC4)CC3)cn2)c1=O. The standard InChI is InChI=1S/C37H42FN7O3/c1-41-22-25(17-31(36(41)47)40-35-10-9-28(21-39-35)43-13-11-42(12-14-43)27-6-4-7-27)29-19-26(38)20-33(30(29)23-46)45-16-15-44-32-8-3-2-5-24(32)18-34(44)37(45)48/h9-10,17-22,27,46H,2-8,11-16,23H2,1H3,(H,39,40). The second kappa shape index (κ2) is 12.5. The smallest absolute Gasteiger partial charge is 0.274 e. The van der Waals surface area contributed by atoms with Crippen molar-refractivity contribution in [3.05, 3.63) is 87.5 Å². The molecule has 0 bridgehead atoms. The quantitative estimate of drug-likeness (QED) is 0.295. The van der Waals surface area contributed by atoms with Gasteiger partial charge in [-0.25, -0.2) is 9.37 Å². The highest BCUT2D eigenvalue weighted by Crippen LogP contribution is 2.37. The van der Waals surface area contributed by atoms with Gasteiger partial charge in [0.25, 0.3) is 11.5 Å². The summed E-state index contributed by atoms with van der Waals surface area (Å²) in [5.41, 5.74) is 5.87. The number of aromatic nitrogens is 3. The van der Waals surface area contributed by atoms with Crippen molar-refractivity contribution in [3.63, 3.8) is 0 Å². The van der Waals surface area contributed by atoms with E-state index in [-0.39, 0.29) is 17.2 Å². The topological polar surface area (TPSA) is 98.9 Å². The van der Waals surface area contributed by atoms with Crippen LogP contribution in [0.4, 0.5) is 27.3 Å². The first-order valence-corrected chi connectivity index (χ1v) is 17.3. The Balaban J connectivity index is 1.06. The number of rotatable bonds is 7. The number of nitrogens with one attached hydrogen (secondary N) is 1. The third-order valence-electron chi connectivity index (χ3n) is 10.8. The number of amides is 1. The van der Waals surface area contributed by atoms with Gasteiger partial charge in [-0.15, -0.1) is 0 Å². The normalized spacial score (nSPS) is 18.4. The van der Waals surface area contributed by atoms with Gasteiger partial charge >= 0.3 is 0 Å². The molecule has 4 aliphatic rings. The number of anilines is 4. The van der Waals surface area contributed by atoms with Crippen LogP contribution in [0.25, 0.3) is 11.1 Å². The molecule has 250 valence electrons. The molecule has 11 heteroatoms. The molecule has 1 saturated carbocycles. The molecule has 3 aromatic heterocycles. The van der Waals surface area contributed by atoms with E-state index in [4.69, 9.17) is 0 Å². The number of pyridine rings is 2. The molecular formula is C37H42FN7O3. The van der Waals surface area contributed by atoms with Crippen LogP contribution in [-0.2, 0) is 33.0 Å². The number of nitrogens with zero attached hydrogens (tertiary/aromatic N) is 6. The zero-order valence-corrected chi connectivity index (χ0v) is 27.4. The zero-order chi connectivity index (χ0) is 32.9. The minimum absolute atomic E-state index is 0.195. The second-order valence-corrected chi connectivity index (χ2v) is 13.6. The van der Waals surface area contributed by atoms with Crippen LogP contribution in [-0.4, -0.2) is 68.8 Å². The van der Waals surface area contributed by atoms with Crippen LogP contribution in [0.1, 0.15) is 59.4 Å². The minimum atomic E-state index is -0.528. The van der Waals surface area contributed by atoms with Crippen LogP contribution in [0.15, 0.2) is 53.6 Å². The Morgan fingerprint density at radius 2 is 1.77 bits per heavy atom. The monoisotopic (exact) mass is 651 g/mol. The van der Waals surface area contributed by atoms with E-state index in [1.165, 1.54) is 47.2 Å². The fraction of sp³-hybridized carbons (Fsp3) is 0.432. The van der Waals surface area contributed by atoms with Gasteiger partial charge in [-0.3, -0.25) is 14.5 Å². The van der Waals surface area contributed by atoms with Gasteiger partial charge < -0.3 is 29.4 Å². The maximum absolute atomic E-state index is 15.4. The van der Waals surface area contributed by atoms with E-state index in [0.29, 0.717) is 47.0 Å². The van der Waals surface area contributed by atoms with Crippen molar-refractivity contribution in [1.82, 2.24) is 19.0 Å². The molecule has 0 atom stereocenters. The van der Waals surface area contributed by atoms with E-state index in [9.17, 15) is 14.7 Å². The van der Waals surface area contributed by atoms with Gasteiger partial charge in [0.15, 0.2) is 0 Å². The van der Waals surface area contributed by atoms with E-state index >= 15 is 4.39 Å². The van der Waals surface area contributed by atoms with Gasteiger partial charge in [0.1, 0.15) is 23.0 Å². The highest BCUT2D eigenvalue weighted by molar-refractivity contribution is 6.07. The molecule has 2 aliphatic heterocycles. The summed E-state index contributed by atoms with van der Waals surface area (Å²) >= 11 is 0. The average Bonchev–Trinajstić information content (AvgIpc) is 3.46. The number of fused-ring (bicyclic) bond motifs is 3. The molecule has 2 N–H and O–H groups in total. The number of piperazine rings is 1. The highest BCUT2D eigenvalue weighted by atomic mass is 19.1. The summed E-state index contributed by atoms with van der Waals surface area (Å²) < 4.78 is 18.9. The Kier molecular flexibility index (Phi) is 8.04. The Morgan fingerprint density at radius 1 is 0.958 bits per heavy atom. The number of aryl methyl sites for hydroxylation is 2. The molecule has 1 amide bonds. The van der Waals surface area contributed by atoms with E-state index in [2.05, 4.69) is 24.7 Å². The van der Waals surface area contributed by atoms with Crippen LogP contribution in [0.5, 0.6) is 0 Å². The lowest BCUT2D eigenvalue weighted by molar-refractivity contribution is 0.0964. The summed E-state index contributed by atoms with van der Waals surface area (Å²) in [6, 6.07) is 11.0. The van der Waals surface area contributed by atoms with E-state index in [0.717, 1.165) is 63.6 Å². The molecule has 0 spiro atoms. The van der Waals surface area contributed by atoms with Gasteiger partial charge in [0.05, 0.1) is 24.2 Å². The summed E-state index contributed by atoms with van der Waals surface area (Å²) in [4.78, 5) is 38.2. The van der Waals surface area contributed by atoms with Crippen molar-refractivity contribution >= 4 is 28.8 Å². The molecule has 48 heavy (non-hydrogen) atoms. The molecule has 0 unspecified atom stereocenters. The first-order chi connectivity index (χ1) is 23.4. The average molecular weight is 652 g/mol. The predicted octanol–water partition coefficient (Wildman–Crippen LogP) is 4.84. The summed E-state index contributed by atoms with van der Waals surface area (Å²) in [5.74, 6) is -0.202. The largest absolute Gasteiger partial charge is 0.392 e. The highest BCUT2D eigenvalue weighted by Gasteiger charge is 2.32. The Morgan fingerprint density at radius 3 is 2.50 bits per heavy atom. The van der Waals surface area contributed by atoms with Crippen LogP contribution in [0.3, 0.4) is 0 Å². The second-order valence-electron chi connectivity index (χ2n) is 13.6. The van der Waals surface area contributed by atoms with Crippen molar-refractivity contribution in [3.8, 4) is 11.1 Å². The number of halogens is 1. The van der Waals surface area contributed by atoms with Crippen molar-refractivity contribution in [2.75, 3.05) is 47.8 Å². The minimum Gasteiger partial charge on any atom is -0.392 e. The number of hydrogen-bond donors (Lipinski definition) is 2. The fourth-order valence-corrected chi connectivity index (χ4v) is 7.98. The first kappa shape index (κ1) is 30.8. The van der Waals surface area contributed by atoms with E-state index in [1.54, 1.807) is 24.2 Å². The van der Waals surface area contributed by atoms with Gasteiger partial charge in [-0.2, -0.15) is 0 Å². The molecular weight excluding hydrogens is 609 g/mol. The van der Waals surface area contributed by atoms with E-state index in [1.807, 2.05) is 24.4 Å². The lowest BCUT2D eigenvalue weighted by Gasteiger charge is -2.43. The van der Waals surface area contributed by atoms with Gasteiger partial charge in [-0.05, 0) is 86.1 Å². The number of carbonyl (C=O) groups excluding carboxylic acids is 1. The van der Waals surface area contributed by atoms with E-state index < -0.39 is 12.4 Å². The lowest BCUT2D eigenvalue weighted by Crippen LogP contribution is -2.52. The molecule has 8 rings (SSSR count). The lowest BCUT2D eigenvalue weighted by atomic mass is 9.91. The Hall–Kier alpha value is -4.48. The number of benzene rings is 1. The number of hydrogen-bond acceptors (Lipinski definition) is 7. The molecule has 4 aromatic rings. The Bertz CT molecular complexity index is 1920. The third-order valence-corrected chi connectivity index (χ3v) is 10.8. The van der Waals surface area contributed by atoms with Crippen molar-refractivity contribution in [1.29, 1.82) is 0 Å². The van der Waals surface area contributed by atoms with Gasteiger partial charge in [0.2, 0.25) is 0 Å². The summed E-state index contributed by atoms with van der Waals surface area (Å²) in [6.45, 7) is 4.64. The number of aliphatic hydroxyl groups is 1. The maximum atomic E-state index is 15.4. The molecule has 0 radical (unpaired) electrons. The summed E-state index contributed by atoms with van der Waals surface area (Å²) in [7, 11) is 1.64. The molecule has 2 aliphatic carbocycles. The molecule has 2 fully saturated rings. The number of carbonyl (C=O) groups is 1. The first-order valence-electron chi connectivity index (χ1n) is 17.3. The molecule has 5 heterocycles. The maximum Gasteiger partial charge on any atom is 0.274 e. The fourth-order valence-electron chi connectivity index (χ4n) is 7.98. The predicted molar refractivity (Wildman–Crippen MR) is 185 cm³/mol. The van der Waals surface area contributed by atoms with Crippen molar-refractivity contribution < 1.29 is 14.3 Å². The molecule has 10 nitrogen and oxygen atoms in total. The van der Waals surface area contributed by atoms with Crippen LogP contribution in [0.2, 0.25) is 0 Å². The number of aliphatic hydroxyl groups excluding tert-OH is 1. The summed E-state index contributed by atoms with van der Waals surface area (Å²) in [5, 5.41) is 13.8. The zero-order valence-electron chi connectivity index (χ0n) is 27.4. The third kappa shape index (κ3) is 5.48.